The number of aliphatic carboxylic acids is 1. The van der Waals surface area contributed by atoms with Gasteiger partial charge < -0.3 is 14.7 Å². The van der Waals surface area contributed by atoms with E-state index < -0.39 is 11.9 Å². The average molecular weight is 258 g/mol. The number of carbonyl (C=O) groups excluding carboxylic acids is 1. The normalized spacial score (nSPS) is 23.3. The van der Waals surface area contributed by atoms with E-state index in [0.717, 1.165) is 6.42 Å². The molecule has 0 aromatic heterocycles. The molecule has 0 bridgehead atoms. The lowest BCUT2D eigenvalue weighted by atomic mass is 10.0. The van der Waals surface area contributed by atoms with Crippen LogP contribution in [0.4, 0.5) is 0 Å². The molecule has 2 atom stereocenters. The van der Waals surface area contributed by atoms with Crippen molar-refractivity contribution in [3.63, 3.8) is 0 Å². The summed E-state index contributed by atoms with van der Waals surface area (Å²) in [4.78, 5) is 26.3. The summed E-state index contributed by atoms with van der Waals surface area (Å²) in [7, 11) is 3.40. The molecule has 104 valence electrons. The Labute approximate surface area is 107 Å². The monoisotopic (exact) mass is 258 g/mol. The van der Waals surface area contributed by atoms with Gasteiger partial charge in [-0.3, -0.25) is 14.5 Å². The number of hydrogen-bond acceptors (Lipinski definition) is 4. The Morgan fingerprint density at radius 2 is 2.00 bits per heavy atom. The van der Waals surface area contributed by atoms with Gasteiger partial charge in [-0.15, -0.1) is 0 Å². The highest BCUT2D eigenvalue weighted by atomic mass is 16.5. The number of carbonyl (C=O) groups is 2. The largest absolute Gasteiger partial charge is 0.481 e. The van der Waals surface area contributed by atoms with Crippen LogP contribution in [0.5, 0.6) is 0 Å². The minimum atomic E-state index is -0.851. The molecular weight excluding hydrogens is 236 g/mol. The van der Waals surface area contributed by atoms with Gasteiger partial charge >= 0.3 is 5.97 Å². The van der Waals surface area contributed by atoms with Crippen molar-refractivity contribution in [2.75, 3.05) is 40.4 Å². The molecule has 1 heterocycles. The van der Waals surface area contributed by atoms with Crippen LogP contribution in [0.25, 0.3) is 0 Å². The molecule has 0 aromatic carbocycles. The Balaban J connectivity index is 2.71. The standard InChI is InChI=1S/C12H22N2O4/c1-4-5-14(6-11(15)13(2)3)10-8-18-7-9(10)12(16)17/h9-10H,4-8H2,1-3H3,(H,16,17). The van der Waals surface area contributed by atoms with Crippen LogP contribution in [-0.2, 0) is 14.3 Å². The maximum absolute atomic E-state index is 11.8. The first-order valence-electron chi connectivity index (χ1n) is 6.22. The first-order valence-corrected chi connectivity index (χ1v) is 6.22. The number of hydrogen-bond donors (Lipinski definition) is 1. The third-order valence-electron chi connectivity index (χ3n) is 3.18. The van der Waals surface area contributed by atoms with E-state index in [1.807, 2.05) is 11.8 Å². The van der Waals surface area contributed by atoms with Crippen molar-refractivity contribution < 1.29 is 19.4 Å². The second kappa shape index (κ2) is 6.70. The fourth-order valence-corrected chi connectivity index (χ4v) is 2.10. The fourth-order valence-electron chi connectivity index (χ4n) is 2.10. The van der Waals surface area contributed by atoms with Gasteiger partial charge in [0, 0.05) is 20.1 Å². The van der Waals surface area contributed by atoms with E-state index in [0.29, 0.717) is 13.2 Å². The van der Waals surface area contributed by atoms with E-state index in [2.05, 4.69) is 0 Å². The summed E-state index contributed by atoms with van der Waals surface area (Å²) in [6.07, 6.45) is 0.879. The van der Waals surface area contributed by atoms with Crippen LogP contribution in [-0.4, -0.2) is 73.2 Å². The first kappa shape index (κ1) is 14.9. The van der Waals surface area contributed by atoms with Crippen LogP contribution < -0.4 is 0 Å². The SMILES string of the molecule is CCCN(CC(=O)N(C)C)C1COCC1C(=O)O. The van der Waals surface area contributed by atoms with Crippen LogP contribution in [0.3, 0.4) is 0 Å². The van der Waals surface area contributed by atoms with Crippen LogP contribution in [0.1, 0.15) is 13.3 Å². The quantitative estimate of drug-likeness (QED) is 0.719. The van der Waals surface area contributed by atoms with Crippen LogP contribution in [0, 0.1) is 5.92 Å². The molecule has 0 aromatic rings. The van der Waals surface area contributed by atoms with E-state index in [4.69, 9.17) is 9.84 Å². The maximum atomic E-state index is 11.8. The lowest BCUT2D eigenvalue weighted by molar-refractivity contribution is -0.144. The summed E-state index contributed by atoms with van der Waals surface area (Å²) >= 11 is 0. The van der Waals surface area contributed by atoms with Crippen molar-refractivity contribution in [2.45, 2.75) is 19.4 Å². The molecule has 18 heavy (non-hydrogen) atoms. The summed E-state index contributed by atoms with van der Waals surface area (Å²) in [6, 6.07) is -0.202. The molecule has 1 saturated heterocycles. The first-order chi connectivity index (χ1) is 8.47. The predicted molar refractivity (Wildman–Crippen MR) is 66.3 cm³/mol. The van der Waals surface area contributed by atoms with Gasteiger partial charge in [0.1, 0.15) is 0 Å². The zero-order chi connectivity index (χ0) is 13.7. The van der Waals surface area contributed by atoms with E-state index in [-0.39, 0.29) is 25.1 Å². The van der Waals surface area contributed by atoms with Gasteiger partial charge in [0.25, 0.3) is 0 Å². The fraction of sp³-hybridized carbons (Fsp3) is 0.833. The third kappa shape index (κ3) is 3.68. The summed E-state index contributed by atoms with van der Waals surface area (Å²) < 4.78 is 5.25. The highest BCUT2D eigenvalue weighted by molar-refractivity contribution is 5.78. The number of rotatable bonds is 6. The lowest BCUT2D eigenvalue weighted by Crippen LogP contribution is -2.47. The molecule has 0 radical (unpaired) electrons. The van der Waals surface area contributed by atoms with Crippen molar-refractivity contribution in [2.24, 2.45) is 5.92 Å². The molecule has 2 unspecified atom stereocenters. The van der Waals surface area contributed by atoms with Crippen molar-refractivity contribution in [1.82, 2.24) is 9.80 Å². The summed E-state index contributed by atoms with van der Waals surface area (Å²) in [5.41, 5.74) is 0. The molecule has 1 aliphatic heterocycles. The minimum Gasteiger partial charge on any atom is -0.481 e. The van der Waals surface area contributed by atoms with E-state index in [1.54, 1.807) is 14.1 Å². The summed E-state index contributed by atoms with van der Waals surface area (Å²) in [5.74, 6) is -1.40. The van der Waals surface area contributed by atoms with E-state index in [9.17, 15) is 9.59 Å². The Bertz CT molecular complexity index is 306. The van der Waals surface area contributed by atoms with Gasteiger partial charge in [0.15, 0.2) is 0 Å². The number of ether oxygens (including phenoxy) is 1. The average Bonchev–Trinajstić information content (AvgIpc) is 2.76. The van der Waals surface area contributed by atoms with Gasteiger partial charge in [-0.25, -0.2) is 0 Å². The molecule has 1 N–H and O–H groups in total. The van der Waals surface area contributed by atoms with Gasteiger partial charge in [-0.05, 0) is 13.0 Å². The molecule has 0 spiro atoms. The number of carboxylic acids is 1. The minimum absolute atomic E-state index is 0.0144. The highest BCUT2D eigenvalue weighted by Gasteiger charge is 2.38. The molecule has 1 aliphatic rings. The number of carboxylic acid groups (broad SMARTS) is 1. The molecule has 6 nitrogen and oxygen atoms in total. The maximum Gasteiger partial charge on any atom is 0.310 e. The van der Waals surface area contributed by atoms with Gasteiger partial charge in [0.2, 0.25) is 5.91 Å². The second-order valence-corrected chi connectivity index (χ2v) is 4.81. The zero-order valence-electron chi connectivity index (χ0n) is 11.3. The van der Waals surface area contributed by atoms with E-state index >= 15 is 0 Å². The number of likely N-dealkylation sites (N-methyl/N-ethyl adjacent to an activating group) is 1. The molecule has 1 fully saturated rings. The predicted octanol–water partition coefficient (Wildman–Crippen LogP) is -0.114. The Kier molecular flexibility index (Phi) is 5.55. The van der Waals surface area contributed by atoms with Crippen molar-refractivity contribution in [3.05, 3.63) is 0 Å². The van der Waals surface area contributed by atoms with Crippen LogP contribution >= 0.6 is 0 Å². The molecule has 6 heteroatoms. The number of amides is 1. The van der Waals surface area contributed by atoms with Crippen LogP contribution in [0.2, 0.25) is 0 Å². The van der Waals surface area contributed by atoms with Crippen molar-refractivity contribution >= 4 is 11.9 Å². The Hall–Kier alpha value is -1.14. The van der Waals surface area contributed by atoms with Crippen molar-refractivity contribution in [3.8, 4) is 0 Å². The third-order valence-corrected chi connectivity index (χ3v) is 3.18. The van der Waals surface area contributed by atoms with Gasteiger partial charge in [0.05, 0.1) is 25.7 Å². The zero-order valence-corrected chi connectivity index (χ0v) is 11.3. The van der Waals surface area contributed by atoms with Gasteiger partial charge in [-0.2, -0.15) is 0 Å². The van der Waals surface area contributed by atoms with Gasteiger partial charge in [-0.1, -0.05) is 6.92 Å². The highest BCUT2D eigenvalue weighted by Crippen LogP contribution is 2.20. The molecule has 1 amide bonds. The van der Waals surface area contributed by atoms with E-state index in [1.165, 1.54) is 4.90 Å². The molecule has 1 rings (SSSR count). The Morgan fingerprint density at radius 3 is 2.50 bits per heavy atom. The van der Waals surface area contributed by atoms with Crippen molar-refractivity contribution in [1.29, 1.82) is 0 Å². The Morgan fingerprint density at radius 1 is 1.33 bits per heavy atom. The second-order valence-electron chi connectivity index (χ2n) is 4.81. The molecular formula is C12H22N2O4. The van der Waals surface area contributed by atoms with Crippen LogP contribution in [0.15, 0.2) is 0 Å². The number of nitrogens with zero attached hydrogens (tertiary/aromatic N) is 2. The topological polar surface area (TPSA) is 70.1 Å². The summed E-state index contributed by atoms with van der Waals surface area (Å²) in [6.45, 7) is 3.59. The molecule has 0 saturated carbocycles. The summed E-state index contributed by atoms with van der Waals surface area (Å²) in [5, 5.41) is 9.14. The molecule has 0 aliphatic carbocycles. The smallest absolute Gasteiger partial charge is 0.310 e. The lowest BCUT2D eigenvalue weighted by Gasteiger charge is -2.30.